The fraction of sp³-hybridized carbons (Fsp3) is 0.458. The first-order chi connectivity index (χ1) is 17.0. The van der Waals surface area contributed by atoms with Crippen molar-refractivity contribution in [2.75, 3.05) is 25.6 Å². The molecule has 0 aliphatic heterocycles. The van der Waals surface area contributed by atoms with Gasteiger partial charge in [-0.3, -0.25) is 9.59 Å². The number of hydrogen-bond acceptors (Lipinski definition) is 8. The Morgan fingerprint density at radius 3 is 2.66 bits per heavy atom. The molecule has 1 aliphatic carbocycles. The lowest BCUT2D eigenvalue weighted by Gasteiger charge is -2.13. The van der Waals surface area contributed by atoms with E-state index in [1.807, 2.05) is 13.8 Å². The minimum absolute atomic E-state index is 0.129. The lowest BCUT2D eigenvalue weighted by atomic mass is 9.95. The zero-order chi connectivity index (χ0) is 24.8. The number of rotatable bonds is 10. The van der Waals surface area contributed by atoms with E-state index < -0.39 is 0 Å². The maximum absolute atomic E-state index is 13.0. The minimum atomic E-state index is -0.273. The van der Waals surface area contributed by atoms with Gasteiger partial charge < -0.3 is 20.1 Å². The van der Waals surface area contributed by atoms with Crippen molar-refractivity contribution in [2.45, 2.75) is 52.2 Å². The van der Waals surface area contributed by atoms with Crippen LogP contribution >= 0.6 is 11.3 Å². The van der Waals surface area contributed by atoms with Crippen molar-refractivity contribution < 1.29 is 19.1 Å². The zero-order valence-electron chi connectivity index (χ0n) is 20.2. The molecule has 0 unspecified atom stereocenters. The monoisotopic (exact) mass is 498 g/mol. The lowest BCUT2D eigenvalue weighted by molar-refractivity contribution is 0.0937. The first-order valence-electron chi connectivity index (χ1n) is 11.7. The Morgan fingerprint density at radius 2 is 1.91 bits per heavy atom. The van der Waals surface area contributed by atoms with Gasteiger partial charge in [0.15, 0.2) is 5.82 Å². The molecule has 3 aromatic rings. The summed E-state index contributed by atoms with van der Waals surface area (Å²) in [5.74, 6) is 0.776. The van der Waals surface area contributed by atoms with Crippen LogP contribution in [-0.2, 0) is 24.2 Å². The molecule has 1 aliphatic rings. The molecular formula is C24H30N6O4S. The van der Waals surface area contributed by atoms with E-state index in [2.05, 4.69) is 26.2 Å². The third-order valence-corrected chi connectivity index (χ3v) is 6.96. The fourth-order valence-corrected chi connectivity index (χ4v) is 5.27. The topological polar surface area (TPSA) is 120 Å². The van der Waals surface area contributed by atoms with Crippen LogP contribution in [0, 0.1) is 0 Å². The molecule has 0 spiro atoms. The number of hydrogen-bond donors (Lipinski definition) is 2. The Balaban J connectivity index is 1.44. The number of amides is 2. The average molecular weight is 499 g/mol. The summed E-state index contributed by atoms with van der Waals surface area (Å²) in [7, 11) is 1.59. The van der Waals surface area contributed by atoms with Crippen LogP contribution in [0.3, 0.4) is 0 Å². The Labute approximate surface area is 208 Å². The first-order valence-corrected chi connectivity index (χ1v) is 12.5. The maximum atomic E-state index is 13.0. The second kappa shape index (κ2) is 11.4. The number of aromatic nitrogens is 4. The molecule has 2 aromatic heterocycles. The number of carbonyl (C=O) groups is 2. The van der Waals surface area contributed by atoms with Crippen LogP contribution in [-0.4, -0.2) is 52.3 Å². The summed E-state index contributed by atoms with van der Waals surface area (Å²) in [5.41, 5.74) is 2.11. The number of aryl methyl sites for hydroxylation is 1. The van der Waals surface area contributed by atoms with Crippen LogP contribution in [0.4, 0.5) is 5.00 Å². The van der Waals surface area contributed by atoms with E-state index >= 15 is 0 Å². The maximum Gasteiger partial charge on any atom is 0.256 e. The molecular weight excluding hydrogens is 468 g/mol. The normalized spacial score (nSPS) is 12.9. The van der Waals surface area contributed by atoms with Crippen LogP contribution < -0.4 is 15.4 Å². The second-order valence-electron chi connectivity index (χ2n) is 8.56. The minimum Gasteiger partial charge on any atom is -0.486 e. The number of thiophene rings is 1. The first kappa shape index (κ1) is 24.8. The van der Waals surface area contributed by atoms with Gasteiger partial charge in [0.25, 0.3) is 11.8 Å². The van der Waals surface area contributed by atoms with Crippen molar-refractivity contribution in [1.29, 1.82) is 0 Å². The van der Waals surface area contributed by atoms with E-state index in [1.165, 1.54) is 16.2 Å². The summed E-state index contributed by atoms with van der Waals surface area (Å²) in [6, 6.07) is 6.99. The predicted molar refractivity (Wildman–Crippen MR) is 132 cm³/mol. The van der Waals surface area contributed by atoms with Crippen LogP contribution in [0.15, 0.2) is 24.3 Å². The third-order valence-electron chi connectivity index (χ3n) is 5.75. The van der Waals surface area contributed by atoms with Gasteiger partial charge in [0.1, 0.15) is 17.4 Å². The van der Waals surface area contributed by atoms with E-state index in [4.69, 9.17) is 9.47 Å². The molecule has 0 atom stereocenters. The van der Waals surface area contributed by atoms with Gasteiger partial charge in [-0.25, -0.2) is 4.68 Å². The number of tetrazole rings is 1. The van der Waals surface area contributed by atoms with Crippen molar-refractivity contribution in [1.82, 2.24) is 25.5 Å². The number of nitrogens with zero attached hydrogens (tertiary/aromatic N) is 4. The molecule has 0 saturated heterocycles. The van der Waals surface area contributed by atoms with Gasteiger partial charge in [-0.05, 0) is 79.8 Å². The van der Waals surface area contributed by atoms with Crippen LogP contribution in [0.1, 0.15) is 69.7 Å². The average Bonchev–Trinajstić information content (AvgIpc) is 3.47. The standard InChI is InChI=1S/C24H30N6O4S/c1-15(2)30-20(27-28-29-30)14-34-17-10-8-16(9-11-17)22(31)26-24-21(23(32)25-12-13-33-3)18-6-4-5-7-19(18)35-24/h8-11,15H,4-7,12-14H2,1-3H3,(H,25,32)(H,26,31). The van der Waals surface area contributed by atoms with Crippen molar-refractivity contribution >= 4 is 28.2 Å². The quantitative estimate of drug-likeness (QED) is 0.411. The number of carbonyl (C=O) groups excluding carboxylic acids is 2. The van der Waals surface area contributed by atoms with E-state index in [0.29, 0.717) is 40.9 Å². The summed E-state index contributed by atoms with van der Waals surface area (Å²) in [4.78, 5) is 27.1. The molecule has 4 rings (SSSR count). The van der Waals surface area contributed by atoms with Crippen LogP contribution in [0.25, 0.3) is 0 Å². The Hall–Kier alpha value is -3.31. The highest BCUT2D eigenvalue weighted by atomic mass is 32.1. The highest BCUT2D eigenvalue weighted by molar-refractivity contribution is 7.17. The molecule has 0 saturated carbocycles. The summed E-state index contributed by atoms with van der Waals surface area (Å²) >= 11 is 1.50. The molecule has 2 heterocycles. The van der Waals surface area contributed by atoms with Gasteiger partial charge in [0.05, 0.1) is 18.2 Å². The number of ether oxygens (including phenoxy) is 2. The molecule has 0 bridgehead atoms. The fourth-order valence-electron chi connectivity index (χ4n) is 3.98. The van der Waals surface area contributed by atoms with Crippen molar-refractivity contribution in [2.24, 2.45) is 0 Å². The number of benzene rings is 1. The smallest absolute Gasteiger partial charge is 0.256 e. The van der Waals surface area contributed by atoms with Gasteiger partial charge in [-0.2, -0.15) is 0 Å². The number of fused-ring (bicyclic) bond motifs is 1. The van der Waals surface area contributed by atoms with Gasteiger partial charge >= 0.3 is 0 Å². The predicted octanol–water partition coefficient (Wildman–Crippen LogP) is 3.40. The summed E-state index contributed by atoms with van der Waals surface area (Å²) in [6.45, 7) is 5.05. The third kappa shape index (κ3) is 5.85. The van der Waals surface area contributed by atoms with E-state index in [-0.39, 0.29) is 24.5 Å². The Morgan fingerprint density at radius 1 is 1.14 bits per heavy atom. The number of anilines is 1. The molecule has 0 fully saturated rings. The summed E-state index contributed by atoms with van der Waals surface area (Å²) in [6.07, 6.45) is 3.91. The highest BCUT2D eigenvalue weighted by Gasteiger charge is 2.26. The molecule has 2 amide bonds. The van der Waals surface area contributed by atoms with E-state index in [0.717, 1.165) is 31.2 Å². The molecule has 35 heavy (non-hydrogen) atoms. The highest BCUT2D eigenvalue weighted by Crippen LogP contribution is 2.38. The lowest BCUT2D eigenvalue weighted by Crippen LogP contribution is -2.28. The molecule has 0 radical (unpaired) electrons. The van der Waals surface area contributed by atoms with Gasteiger partial charge in [0, 0.05) is 24.1 Å². The van der Waals surface area contributed by atoms with Crippen molar-refractivity contribution in [3.05, 3.63) is 51.7 Å². The van der Waals surface area contributed by atoms with E-state index in [1.54, 1.807) is 36.1 Å². The van der Waals surface area contributed by atoms with Crippen LogP contribution in [0.2, 0.25) is 0 Å². The van der Waals surface area contributed by atoms with Gasteiger partial charge in [-0.1, -0.05) is 0 Å². The molecule has 11 heteroatoms. The summed E-state index contributed by atoms with van der Waals surface area (Å²) in [5, 5.41) is 18.1. The summed E-state index contributed by atoms with van der Waals surface area (Å²) < 4.78 is 12.5. The second-order valence-corrected chi connectivity index (χ2v) is 9.67. The van der Waals surface area contributed by atoms with Crippen molar-refractivity contribution in [3.63, 3.8) is 0 Å². The van der Waals surface area contributed by atoms with Crippen LogP contribution in [0.5, 0.6) is 5.75 Å². The number of methoxy groups -OCH3 is 1. The van der Waals surface area contributed by atoms with E-state index in [9.17, 15) is 9.59 Å². The Bertz CT molecular complexity index is 1170. The number of nitrogens with one attached hydrogen (secondary N) is 2. The SMILES string of the molecule is COCCNC(=O)c1c(NC(=O)c2ccc(OCc3nnnn3C(C)C)cc2)sc2c1CCCC2. The molecule has 1 aromatic carbocycles. The molecule has 2 N–H and O–H groups in total. The largest absolute Gasteiger partial charge is 0.486 e. The molecule has 10 nitrogen and oxygen atoms in total. The Kier molecular flexibility index (Phi) is 8.09. The van der Waals surface area contributed by atoms with Crippen molar-refractivity contribution in [3.8, 4) is 5.75 Å². The molecule has 186 valence electrons. The van der Waals surface area contributed by atoms with Gasteiger partial charge in [0.2, 0.25) is 0 Å². The van der Waals surface area contributed by atoms with Gasteiger partial charge in [-0.15, -0.1) is 16.4 Å². The zero-order valence-corrected chi connectivity index (χ0v) is 21.0.